The van der Waals surface area contributed by atoms with Crippen LogP contribution < -0.4 is 0 Å². The number of carbonyl (C=O) groups excluding carboxylic acids is 2. The Kier molecular flexibility index (Phi) is 13.8. The summed E-state index contributed by atoms with van der Waals surface area (Å²) in [6.07, 6.45) is 1.81. The molecule has 0 atom stereocenters. The van der Waals surface area contributed by atoms with E-state index >= 15 is 0 Å². The van der Waals surface area contributed by atoms with Crippen molar-refractivity contribution in [2.75, 3.05) is 0 Å². The first kappa shape index (κ1) is 9.35. The molecule has 0 spiro atoms. The molecule has 0 amide bonds. The molecule has 0 aliphatic heterocycles. The van der Waals surface area contributed by atoms with E-state index in [1.165, 1.54) is 6.29 Å². The molecular formula is C3H3O2Rh. The zero-order valence-corrected chi connectivity index (χ0v) is 4.57. The number of aldehydes is 1. The summed E-state index contributed by atoms with van der Waals surface area (Å²) in [5, 5.41) is 0. The molecule has 36 valence electrons. The first-order valence-corrected chi connectivity index (χ1v) is 1.20. The van der Waals surface area contributed by atoms with Crippen LogP contribution in [0.1, 0.15) is 6.42 Å². The normalized spacial score (nSPS) is 5.33. The maximum Gasteiger partial charge on any atom is 0.205 e. The Morgan fingerprint density at radius 1 is 1.67 bits per heavy atom. The van der Waals surface area contributed by atoms with Crippen LogP contribution in [-0.2, 0) is 29.1 Å². The molecule has 0 heterocycles. The summed E-state index contributed by atoms with van der Waals surface area (Å²) in [5.41, 5.74) is 0. The SMILES string of the molecule is O=[C]CC=O.[Rh]. The fourth-order valence-corrected chi connectivity index (χ4v) is 0.0340. The molecular weight excluding hydrogens is 171 g/mol. The number of hydrogen-bond acceptors (Lipinski definition) is 2. The van der Waals surface area contributed by atoms with Crippen LogP contribution in [0.4, 0.5) is 0 Å². The molecule has 0 aromatic rings. The summed E-state index contributed by atoms with van der Waals surface area (Å²) < 4.78 is 0. The summed E-state index contributed by atoms with van der Waals surface area (Å²) in [7, 11) is 0. The Labute approximate surface area is 48.7 Å². The van der Waals surface area contributed by atoms with Gasteiger partial charge in [-0.05, 0) is 0 Å². The summed E-state index contributed by atoms with van der Waals surface area (Å²) >= 11 is 0. The van der Waals surface area contributed by atoms with Crippen molar-refractivity contribution in [2.45, 2.75) is 6.42 Å². The minimum atomic E-state index is -0.0972. The van der Waals surface area contributed by atoms with Gasteiger partial charge in [0.2, 0.25) is 6.29 Å². The summed E-state index contributed by atoms with van der Waals surface area (Å²) in [6.45, 7) is 0. The van der Waals surface area contributed by atoms with Gasteiger partial charge in [-0.2, -0.15) is 0 Å². The molecule has 0 aliphatic rings. The van der Waals surface area contributed by atoms with E-state index in [1.54, 1.807) is 0 Å². The largest absolute Gasteiger partial charge is 0.303 e. The van der Waals surface area contributed by atoms with Crippen LogP contribution in [0.15, 0.2) is 0 Å². The van der Waals surface area contributed by atoms with E-state index < -0.39 is 0 Å². The van der Waals surface area contributed by atoms with Gasteiger partial charge in [0.05, 0.1) is 6.42 Å². The van der Waals surface area contributed by atoms with E-state index in [2.05, 4.69) is 0 Å². The quantitative estimate of drug-likeness (QED) is 0.326. The average Bonchev–Trinajstić information content (AvgIpc) is 1.41. The molecule has 0 N–H and O–H groups in total. The van der Waals surface area contributed by atoms with Crippen molar-refractivity contribution in [1.29, 1.82) is 0 Å². The van der Waals surface area contributed by atoms with Gasteiger partial charge in [-0.15, -0.1) is 0 Å². The Balaban J connectivity index is 0. The molecule has 0 saturated heterocycles. The maximum atomic E-state index is 9.14. The van der Waals surface area contributed by atoms with Crippen LogP contribution in [-0.4, -0.2) is 12.6 Å². The van der Waals surface area contributed by atoms with Gasteiger partial charge in [-0.3, -0.25) is 4.79 Å². The summed E-state index contributed by atoms with van der Waals surface area (Å²) in [6, 6.07) is 0. The van der Waals surface area contributed by atoms with E-state index in [0.717, 1.165) is 0 Å². The van der Waals surface area contributed by atoms with Gasteiger partial charge in [0, 0.05) is 19.5 Å². The van der Waals surface area contributed by atoms with Crippen molar-refractivity contribution >= 4 is 12.6 Å². The van der Waals surface area contributed by atoms with Gasteiger partial charge < -0.3 is 4.79 Å². The third kappa shape index (κ3) is 9.03. The van der Waals surface area contributed by atoms with E-state index in [9.17, 15) is 0 Å². The van der Waals surface area contributed by atoms with Crippen LogP contribution in [0.25, 0.3) is 0 Å². The van der Waals surface area contributed by atoms with E-state index in [4.69, 9.17) is 9.59 Å². The van der Waals surface area contributed by atoms with Gasteiger partial charge in [-0.25, -0.2) is 0 Å². The molecule has 0 aliphatic carbocycles. The fraction of sp³-hybridized carbons (Fsp3) is 0.333. The molecule has 0 rings (SSSR count). The first-order valence-electron chi connectivity index (χ1n) is 1.20. The third-order valence-electron chi connectivity index (χ3n) is 0.167. The molecule has 2 radical (unpaired) electrons. The maximum absolute atomic E-state index is 9.14. The molecule has 2 nitrogen and oxygen atoms in total. The van der Waals surface area contributed by atoms with Gasteiger partial charge in [0.1, 0.15) is 6.29 Å². The van der Waals surface area contributed by atoms with Crippen LogP contribution >= 0.6 is 0 Å². The topological polar surface area (TPSA) is 34.1 Å². The van der Waals surface area contributed by atoms with Crippen LogP contribution in [0.2, 0.25) is 0 Å². The van der Waals surface area contributed by atoms with E-state index in [0.29, 0.717) is 6.29 Å². The number of hydrogen-bond donors (Lipinski definition) is 0. The first-order chi connectivity index (χ1) is 2.41. The van der Waals surface area contributed by atoms with Gasteiger partial charge in [0.25, 0.3) is 0 Å². The molecule has 0 aromatic carbocycles. The smallest absolute Gasteiger partial charge is 0.205 e. The predicted molar refractivity (Wildman–Crippen MR) is 16.4 cm³/mol. The van der Waals surface area contributed by atoms with Crippen LogP contribution in [0.5, 0.6) is 0 Å². The Morgan fingerprint density at radius 3 is 2.17 bits per heavy atom. The number of carbonyl (C=O) groups is 1. The molecule has 0 aromatic heterocycles. The monoisotopic (exact) mass is 174 g/mol. The number of rotatable bonds is 2. The Morgan fingerprint density at radius 2 is 2.17 bits per heavy atom. The molecule has 3 heteroatoms. The van der Waals surface area contributed by atoms with Crippen molar-refractivity contribution in [2.24, 2.45) is 0 Å². The van der Waals surface area contributed by atoms with Gasteiger partial charge >= 0.3 is 0 Å². The second-order valence-electron chi connectivity index (χ2n) is 0.515. The minimum absolute atomic E-state index is 0. The average molecular weight is 174 g/mol. The van der Waals surface area contributed by atoms with Crippen molar-refractivity contribution < 1.29 is 29.1 Å². The molecule has 6 heavy (non-hydrogen) atoms. The molecule has 0 fully saturated rings. The van der Waals surface area contributed by atoms with Crippen LogP contribution in [0.3, 0.4) is 0 Å². The standard InChI is InChI=1S/C3H3O2.Rh/c4-2-1-3-5;/h2H,1H2;. The second-order valence-corrected chi connectivity index (χ2v) is 0.515. The second kappa shape index (κ2) is 8.88. The minimum Gasteiger partial charge on any atom is -0.303 e. The van der Waals surface area contributed by atoms with Crippen LogP contribution in [0, 0.1) is 0 Å². The zero-order chi connectivity index (χ0) is 4.12. The third-order valence-corrected chi connectivity index (χ3v) is 0.167. The van der Waals surface area contributed by atoms with Gasteiger partial charge in [0.15, 0.2) is 0 Å². The molecule has 0 unspecified atom stereocenters. The fourth-order valence-electron chi connectivity index (χ4n) is 0.0340. The van der Waals surface area contributed by atoms with Crippen molar-refractivity contribution in [1.82, 2.24) is 0 Å². The van der Waals surface area contributed by atoms with Crippen molar-refractivity contribution in [3.05, 3.63) is 0 Å². The Hall–Kier alpha value is -0.0366. The van der Waals surface area contributed by atoms with Crippen molar-refractivity contribution in [3.63, 3.8) is 0 Å². The van der Waals surface area contributed by atoms with Gasteiger partial charge in [-0.1, -0.05) is 0 Å². The molecule has 0 saturated carbocycles. The summed E-state index contributed by atoms with van der Waals surface area (Å²) in [4.78, 5) is 18.2. The molecule has 0 bridgehead atoms. The summed E-state index contributed by atoms with van der Waals surface area (Å²) in [5.74, 6) is 0. The predicted octanol–water partition coefficient (Wildman–Crippen LogP) is -0.317. The Bertz CT molecular complexity index is 38.1. The van der Waals surface area contributed by atoms with E-state index in [1.807, 2.05) is 0 Å². The van der Waals surface area contributed by atoms with Crippen molar-refractivity contribution in [3.8, 4) is 0 Å². The zero-order valence-electron chi connectivity index (χ0n) is 2.93. The van der Waals surface area contributed by atoms with E-state index in [-0.39, 0.29) is 25.9 Å².